The van der Waals surface area contributed by atoms with Gasteiger partial charge in [-0.2, -0.15) is 0 Å². The van der Waals surface area contributed by atoms with Crippen molar-refractivity contribution in [2.75, 3.05) is 0 Å². The molecule has 0 aliphatic heterocycles. The lowest BCUT2D eigenvalue weighted by Gasteiger charge is -1.99. The van der Waals surface area contributed by atoms with Gasteiger partial charge in [0.2, 0.25) is 0 Å². The number of aryl methyl sites for hydroxylation is 1. The number of hydrogen-bond acceptors (Lipinski definition) is 2. The molecule has 4 heteroatoms. The van der Waals surface area contributed by atoms with E-state index < -0.39 is 11.4 Å². The van der Waals surface area contributed by atoms with Crippen molar-refractivity contribution in [3.8, 4) is 0 Å². The van der Waals surface area contributed by atoms with Gasteiger partial charge in [0, 0.05) is 0 Å². The fourth-order valence-electron chi connectivity index (χ4n) is 1.28. The zero-order valence-corrected chi connectivity index (χ0v) is 6.97. The summed E-state index contributed by atoms with van der Waals surface area (Å²) in [6, 6.07) is 2.87. The number of H-pyrrole nitrogens is 1. The van der Waals surface area contributed by atoms with Crippen molar-refractivity contribution < 1.29 is 4.39 Å². The van der Waals surface area contributed by atoms with Crippen LogP contribution in [0.2, 0.25) is 0 Å². The fourth-order valence-corrected chi connectivity index (χ4v) is 1.28. The number of fused-ring (bicyclic) bond motifs is 1. The van der Waals surface area contributed by atoms with Crippen molar-refractivity contribution in [1.82, 2.24) is 9.97 Å². The topological polar surface area (TPSA) is 45.8 Å². The summed E-state index contributed by atoms with van der Waals surface area (Å²) in [6.45, 7) is 1.79. The van der Waals surface area contributed by atoms with Crippen molar-refractivity contribution in [1.29, 1.82) is 0 Å². The van der Waals surface area contributed by atoms with Crippen LogP contribution in [-0.4, -0.2) is 9.97 Å². The molecule has 0 radical (unpaired) electrons. The number of hydrogen-bond donors (Lipinski definition) is 1. The quantitative estimate of drug-likeness (QED) is 0.662. The van der Waals surface area contributed by atoms with Gasteiger partial charge in [-0.1, -0.05) is 6.07 Å². The van der Waals surface area contributed by atoms with Crippen LogP contribution in [0.1, 0.15) is 5.56 Å². The zero-order valence-electron chi connectivity index (χ0n) is 6.97. The third-order valence-corrected chi connectivity index (χ3v) is 1.95. The Bertz CT molecular complexity index is 518. The maximum Gasteiger partial charge on any atom is 0.261 e. The number of aromatic amines is 1. The van der Waals surface area contributed by atoms with Gasteiger partial charge < -0.3 is 4.98 Å². The molecular weight excluding hydrogens is 171 g/mol. The second-order valence-corrected chi connectivity index (χ2v) is 2.82. The van der Waals surface area contributed by atoms with Gasteiger partial charge in [0.05, 0.1) is 11.8 Å². The molecule has 0 atom stereocenters. The first-order valence-electron chi connectivity index (χ1n) is 3.82. The molecule has 0 aliphatic carbocycles. The molecule has 66 valence electrons. The summed E-state index contributed by atoms with van der Waals surface area (Å²) in [5, 5.41) is 0.0301. The maximum absolute atomic E-state index is 13.2. The second kappa shape index (κ2) is 2.65. The lowest BCUT2D eigenvalue weighted by molar-refractivity contribution is 0.638. The molecule has 0 aliphatic rings. The van der Waals surface area contributed by atoms with E-state index in [1.807, 2.05) is 0 Å². The van der Waals surface area contributed by atoms with Crippen LogP contribution < -0.4 is 5.56 Å². The van der Waals surface area contributed by atoms with Gasteiger partial charge in [-0.05, 0) is 18.6 Å². The first kappa shape index (κ1) is 7.91. The number of halogens is 1. The Kier molecular flexibility index (Phi) is 1.62. The monoisotopic (exact) mass is 178 g/mol. The molecule has 13 heavy (non-hydrogen) atoms. The van der Waals surface area contributed by atoms with E-state index in [1.165, 1.54) is 12.4 Å². The Balaban J connectivity index is 3.09. The molecule has 1 aromatic carbocycles. The molecule has 2 aromatic rings. The fraction of sp³-hybridized carbons (Fsp3) is 0.111. The van der Waals surface area contributed by atoms with Crippen LogP contribution in [-0.2, 0) is 0 Å². The molecule has 1 N–H and O–H groups in total. The third-order valence-electron chi connectivity index (χ3n) is 1.95. The smallest absolute Gasteiger partial charge is 0.261 e. The normalized spacial score (nSPS) is 10.6. The second-order valence-electron chi connectivity index (χ2n) is 2.82. The summed E-state index contributed by atoms with van der Waals surface area (Å²) in [4.78, 5) is 17.5. The average Bonchev–Trinajstić information content (AvgIpc) is 2.12. The number of nitrogens with zero attached hydrogens (tertiary/aromatic N) is 1. The Morgan fingerprint density at radius 3 is 2.92 bits per heavy atom. The minimum absolute atomic E-state index is 0.0301. The largest absolute Gasteiger partial charge is 0.313 e. The van der Waals surface area contributed by atoms with Crippen molar-refractivity contribution >= 4 is 10.9 Å². The highest BCUT2D eigenvalue weighted by molar-refractivity contribution is 5.80. The van der Waals surface area contributed by atoms with E-state index in [2.05, 4.69) is 9.97 Å². The minimum atomic E-state index is -0.532. The van der Waals surface area contributed by atoms with Crippen molar-refractivity contribution in [3.63, 3.8) is 0 Å². The molecule has 1 heterocycles. The van der Waals surface area contributed by atoms with E-state index in [1.54, 1.807) is 13.0 Å². The molecule has 0 amide bonds. The standard InChI is InChI=1S/C9H7FN2O/c1-5-2-3-6(10)7-8(5)11-4-12-9(7)13/h2-4H,1H3,(H,11,12,13). The minimum Gasteiger partial charge on any atom is -0.313 e. The summed E-state index contributed by atoms with van der Waals surface area (Å²) < 4.78 is 13.2. The van der Waals surface area contributed by atoms with Gasteiger partial charge in [0.25, 0.3) is 5.56 Å². The van der Waals surface area contributed by atoms with Gasteiger partial charge in [-0.25, -0.2) is 9.37 Å². The summed E-state index contributed by atoms with van der Waals surface area (Å²) in [5.41, 5.74) is 0.775. The van der Waals surface area contributed by atoms with Crippen LogP contribution in [0.5, 0.6) is 0 Å². The van der Waals surface area contributed by atoms with Crippen LogP contribution in [0.4, 0.5) is 4.39 Å². The summed E-state index contributed by atoms with van der Waals surface area (Å²) in [7, 11) is 0. The highest BCUT2D eigenvalue weighted by Crippen LogP contribution is 2.14. The Morgan fingerprint density at radius 1 is 1.46 bits per heavy atom. The van der Waals surface area contributed by atoms with Crippen LogP contribution in [0.3, 0.4) is 0 Å². The van der Waals surface area contributed by atoms with Gasteiger partial charge >= 0.3 is 0 Å². The summed E-state index contributed by atoms with van der Waals surface area (Å²) in [6.07, 6.45) is 1.27. The maximum atomic E-state index is 13.2. The first-order chi connectivity index (χ1) is 6.20. The van der Waals surface area contributed by atoms with E-state index in [9.17, 15) is 9.18 Å². The number of aromatic nitrogens is 2. The van der Waals surface area contributed by atoms with Gasteiger partial charge in [0.1, 0.15) is 11.2 Å². The van der Waals surface area contributed by atoms with Gasteiger partial charge in [-0.15, -0.1) is 0 Å². The molecule has 0 fully saturated rings. The molecule has 1 aromatic heterocycles. The summed E-state index contributed by atoms with van der Waals surface area (Å²) in [5.74, 6) is -0.532. The van der Waals surface area contributed by atoms with E-state index in [0.717, 1.165) is 5.56 Å². The average molecular weight is 178 g/mol. The van der Waals surface area contributed by atoms with E-state index in [0.29, 0.717) is 5.52 Å². The molecule has 0 bridgehead atoms. The molecule has 2 rings (SSSR count). The highest BCUT2D eigenvalue weighted by atomic mass is 19.1. The Labute approximate surface area is 73.2 Å². The Morgan fingerprint density at radius 2 is 2.23 bits per heavy atom. The first-order valence-corrected chi connectivity index (χ1v) is 3.82. The van der Waals surface area contributed by atoms with Crippen LogP contribution in [0, 0.1) is 12.7 Å². The third kappa shape index (κ3) is 1.11. The lowest BCUT2D eigenvalue weighted by atomic mass is 10.1. The molecule has 0 unspecified atom stereocenters. The zero-order chi connectivity index (χ0) is 9.42. The SMILES string of the molecule is Cc1ccc(F)c2c(=O)[nH]cnc12. The molecular formula is C9H7FN2O. The van der Waals surface area contributed by atoms with Crippen LogP contribution in [0.15, 0.2) is 23.3 Å². The molecule has 0 saturated heterocycles. The van der Waals surface area contributed by atoms with Gasteiger partial charge in [0.15, 0.2) is 0 Å². The molecule has 3 nitrogen and oxygen atoms in total. The van der Waals surface area contributed by atoms with E-state index >= 15 is 0 Å². The number of nitrogens with one attached hydrogen (secondary N) is 1. The van der Waals surface area contributed by atoms with Crippen LogP contribution in [0.25, 0.3) is 10.9 Å². The lowest BCUT2D eigenvalue weighted by Crippen LogP contribution is -2.08. The Hall–Kier alpha value is -1.71. The summed E-state index contributed by atoms with van der Waals surface area (Å²) >= 11 is 0. The molecule has 0 spiro atoms. The number of benzene rings is 1. The van der Waals surface area contributed by atoms with E-state index in [-0.39, 0.29) is 5.39 Å². The highest BCUT2D eigenvalue weighted by Gasteiger charge is 2.06. The predicted octanol–water partition coefficient (Wildman–Crippen LogP) is 1.37. The molecule has 0 saturated carbocycles. The van der Waals surface area contributed by atoms with Crippen molar-refractivity contribution in [2.45, 2.75) is 6.92 Å². The number of rotatable bonds is 0. The van der Waals surface area contributed by atoms with Crippen molar-refractivity contribution in [3.05, 3.63) is 40.2 Å². The van der Waals surface area contributed by atoms with Crippen LogP contribution >= 0.6 is 0 Å². The predicted molar refractivity (Wildman–Crippen MR) is 47.1 cm³/mol. The van der Waals surface area contributed by atoms with E-state index in [4.69, 9.17) is 0 Å². The van der Waals surface area contributed by atoms with Crippen molar-refractivity contribution in [2.24, 2.45) is 0 Å². The van der Waals surface area contributed by atoms with Gasteiger partial charge in [-0.3, -0.25) is 4.79 Å².